The van der Waals surface area contributed by atoms with E-state index in [1.807, 2.05) is 13.0 Å². The number of ether oxygens (including phenoxy) is 1. The summed E-state index contributed by atoms with van der Waals surface area (Å²) in [5, 5.41) is 3.09. The fraction of sp³-hybridized carbons (Fsp3) is 0.208. The normalized spacial score (nSPS) is 11.7. The number of hydrogen-bond acceptors (Lipinski definition) is 6. The van der Waals surface area contributed by atoms with Crippen molar-refractivity contribution in [2.45, 2.75) is 23.1 Å². The molecule has 9 nitrogen and oxygen atoms in total. The lowest BCUT2D eigenvalue weighted by molar-refractivity contribution is -0.116. The number of carbonyl (C=O) groups is 1. The number of rotatable bonds is 10. The number of nitrogens with one attached hydrogen (secondary N) is 2. The lowest BCUT2D eigenvalue weighted by atomic mass is 10.2. The van der Waals surface area contributed by atoms with Gasteiger partial charge in [-0.1, -0.05) is 23.7 Å². The standard InChI is InChI=1S/C24H26ClN3O6S2/c1-17-5-4-6-19(15-17)27-24(29)13-14-26-35(30,31)21-11-12-23(34-3)22(16-21)28(2)36(32,33)20-9-7-18(25)8-10-20/h4-12,15-16,26H,13-14H2,1-3H3,(H,27,29). The molecule has 192 valence electrons. The van der Waals surface area contributed by atoms with Gasteiger partial charge in [-0.25, -0.2) is 21.6 Å². The topological polar surface area (TPSA) is 122 Å². The molecule has 12 heteroatoms. The van der Waals surface area contributed by atoms with Gasteiger partial charge in [0, 0.05) is 30.7 Å². The molecular weight excluding hydrogens is 526 g/mol. The van der Waals surface area contributed by atoms with Gasteiger partial charge in [0.1, 0.15) is 5.75 Å². The molecule has 36 heavy (non-hydrogen) atoms. The summed E-state index contributed by atoms with van der Waals surface area (Å²) in [5.41, 5.74) is 1.62. The number of sulfonamides is 2. The van der Waals surface area contributed by atoms with Crippen LogP contribution in [0.15, 0.2) is 76.5 Å². The maximum absolute atomic E-state index is 13.1. The number of hydrogen-bond donors (Lipinski definition) is 2. The van der Waals surface area contributed by atoms with Crippen LogP contribution in [-0.2, 0) is 24.8 Å². The molecule has 3 rings (SSSR count). The molecule has 0 aromatic heterocycles. The van der Waals surface area contributed by atoms with E-state index in [4.69, 9.17) is 16.3 Å². The van der Waals surface area contributed by atoms with Crippen molar-refractivity contribution < 1.29 is 26.4 Å². The quantitative estimate of drug-likeness (QED) is 0.395. The number of benzene rings is 3. The summed E-state index contributed by atoms with van der Waals surface area (Å²) in [7, 11) is -5.45. The summed E-state index contributed by atoms with van der Waals surface area (Å²) >= 11 is 5.86. The van der Waals surface area contributed by atoms with E-state index in [0.29, 0.717) is 10.7 Å². The zero-order chi connectivity index (χ0) is 26.5. The van der Waals surface area contributed by atoms with Crippen LogP contribution < -0.4 is 19.1 Å². The minimum atomic E-state index is -4.06. The second-order valence-corrected chi connectivity index (χ2v) is 12.0. The average molecular weight is 552 g/mol. The number of amides is 1. The summed E-state index contributed by atoms with van der Waals surface area (Å²) in [6.45, 7) is 1.74. The smallest absolute Gasteiger partial charge is 0.264 e. The molecule has 3 aromatic carbocycles. The molecule has 0 saturated carbocycles. The van der Waals surface area contributed by atoms with E-state index < -0.39 is 20.0 Å². The molecule has 0 atom stereocenters. The van der Waals surface area contributed by atoms with Crippen molar-refractivity contribution >= 4 is 48.9 Å². The van der Waals surface area contributed by atoms with Crippen LogP contribution in [0.3, 0.4) is 0 Å². The number of halogens is 1. The Labute approximate surface area is 216 Å². The first-order valence-corrected chi connectivity index (χ1v) is 14.0. The number of anilines is 2. The highest BCUT2D eigenvalue weighted by Gasteiger charge is 2.26. The Hall–Kier alpha value is -3.12. The highest BCUT2D eigenvalue weighted by molar-refractivity contribution is 7.92. The van der Waals surface area contributed by atoms with Crippen LogP contribution in [0.4, 0.5) is 11.4 Å². The van der Waals surface area contributed by atoms with Crippen LogP contribution in [0.1, 0.15) is 12.0 Å². The summed E-state index contributed by atoms with van der Waals surface area (Å²) in [6.07, 6.45) is -0.0962. The summed E-state index contributed by atoms with van der Waals surface area (Å²) in [5.74, 6) is -0.195. The summed E-state index contributed by atoms with van der Waals surface area (Å²) in [6, 6.07) is 16.7. The zero-order valence-corrected chi connectivity index (χ0v) is 22.2. The van der Waals surface area contributed by atoms with Gasteiger partial charge in [0.2, 0.25) is 15.9 Å². The Morgan fingerprint density at radius 1 is 0.972 bits per heavy atom. The second kappa shape index (κ2) is 11.3. The van der Waals surface area contributed by atoms with Crippen LogP contribution in [-0.4, -0.2) is 43.4 Å². The number of aryl methyl sites for hydroxylation is 1. The van der Waals surface area contributed by atoms with Gasteiger partial charge in [0.25, 0.3) is 10.0 Å². The van der Waals surface area contributed by atoms with Crippen molar-refractivity contribution in [1.82, 2.24) is 4.72 Å². The Morgan fingerprint density at radius 3 is 2.28 bits per heavy atom. The van der Waals surface area contributed by atoms with E-state index in [1.54, 1.807) is 18.2 Å². The predicted molar refractivity (Wildman–Crippen MR) is 140 cm³/mol. The number of carbonyl (C=O) groups excluding carboxylic acids is 1. The van der Waals surface area contributed by atoms with Gasteiger partial charge in [-0.15, -0.1) is 0 Å². The minimum absolute atomic E-state index is 0.0208. The SMILES string of the molecule is COc1ccc(S(=O)(=O)NCCC(=O)Nc2cccc(C)c2)cc1N(C)S(=O)(=O)c1ccc(Cl)cc1. The Morgan fingerprint density at radius 2 is 1.64 bits per heavy atom. The van der Waals surface area contributed by atoms with Gasteiger partial charge >= 0.3 is 0 Å². The average Bonchev–Trinajstić information content (AvgIpc) is 2.83. The maximum atomic E-state index is 13.1. The van der Waals surface area contributed by atoms with Crippen LogP contribution in [0.2, 0.25) is 5.02 Å². The third-order valence-corrected chi connectivity index (χ3v) is 8.71. The van der Waals surface area contributed by atoms with Crippen molar-refractivity contribution in [3.05, 3.63) is 77.3 Å². The largest absolute Gasteiger partial charge is 0.495 e. The fourth-order valence-electron chi connectivity index (χ4n) is 3.31. The monoisotopic (exact) mass is 551 g/mol. The number of nitrogens with zero attached hydrogens (tertiary/aromatic N) is 1. The Balaban J connectivity index is 1.76. The van der Waals surface area contributed by atoms with E-state index in [1.165, 1.54) is 56.6 Å². The van der Waals surface area contributed by atoms with Gasteiger partial charge < -0.3 is 10.1 Å². The molecule has 3 aromatic rings. The molecule has 0 aliphatic carbocycles. The lowest BCUT2D eigenvalue weighted by Gasteiger charge is -2.22. The highest BCUT2D eigenvalue weighted by atomic mass is 35.5. The summed E-state index contributed by atoms with van der Waals surface area (Å²) in [4.78, 5) is 12.0. The van der Waals surface area contributed by atoms with E-state index in [2.05, 4.69) is 10.0 Å². The lowest BCUT2D eigenvalue weighted by Crippen LogP contribution is -2.29. The molecule has 1 amide bonds. The number of methoxy groups -OCH3 is 1. The molecule has 0 aliphatic rings. The molecule has 0 aliphatic heterocycles. The van der Waals surface area contributed by atoms with Gasteiger partial charge in [-0.3, -0.25) is 9.10 Å². The van der Waals surface area contributed by atoms with Crippen molar-refractivity contribution in [3.8, 4) is 5.75 Å². The van der Waals surface area contributed by atoms with Gasteiger partial charge in [0.15, 0.2) is 0 Å². The second-order valence-electron chi connectivity index (χ2n) is 7.83. The first-order valence-electron chi connectivity index (χ1n) is 10.7. The molecule has 0 heterocycles. The van der Waals surface area contributed by atoms with E-state index in [-0.39, 0.29) is 40.1 Å². The molecule has 0 bridgehead atoms. The van der Waals surface area contributed by atoms with E-state index in [0.717, 1.165) is 9.87 Å². The third kappa shape index (κ3) is 6.55. The highest BCUT2D eigenvalue weighted by Crippen LogP contribution is 2.33. The van der Waals surface area contributed by atoms with Crippen LogP contribution in [0.25, 0.3) is 0 Å². The Bertz CT molecular complexity index is 1460. The van der Waals surface area contributed by atoms with E-state index in [9.17, 15) is 21.6 Å². The molecule has 0 fully saturated rings. The van der Waals surface area contributed by atoms with Crippen molar-refractivity contribution in [3.63, 3.8) is 0 Å². The first kappa shape index (κ1) is 27.5. The summed E-state index contributed by atoms with van der Waals surface area (Å²) < 4.78 is 60.6. The molecular formula is C24H26ClN3O6S2. The molecule has 2 N–H and O–H groups in total. The van der Waals surface area contributed by atoms with E-state index >= 15 is 0 Å². The zero-order valence-electron chi connectivity index (χ0n) is 19.9. The van der Waals surface area contributed by atoms with Crippen molar-refractivity contribution in [2.24, 2.45) is 0 Å². The van der Waals surface area contributed by atoms with Crippen molar-refractivity contribution in [2.75, 3.05) is 30.3 Å². The molecule has 0 radical (unpaired) electrons. The predicted octanol–water partition coefficient (Wildman–Crippen LogP) is 3.79. The van der Waals surface area contributed by atoms with Crippen LogP contribution in [0.5, 0.6) is 5.75 Å². The van der Waals surface area contributed by atoms with Crippen LogP contribution in [0, 0.1) is 6.92 Å². The maximum Gasteiger partial charge on any atom is 0.264 e. The van der Waals surface area contributed by atoms with Gasteiger partial charge in [-0.2, -0.15) is 0 Å². The molecule has 0 unspecified atom stereocenters. The Kier molecular flexibility index (Phi) is 8.62. The minimum Gasteiger partial charge on any atom is -0.495 e. The fourth-order valence-corrected chi connectivity index (χ4v) is 5.68. The molecule has 0 saturated heterocycles. The third-order valence-electron chi connectivity index (χ3n) is 5.22. The van der Waals surface area contributed by atoms with Crippen molar-refractivity contribution in [1.29, 1.82) is 0 Å². The van der Waals surface area contributed by atoms with Gasteiger partial charge in [0.05, 0.1) is 22.6 Å². The van der Waals surface area contributed by atoms with Gasteiger partial charge in [-0.05, 0) is 67.1 Å². The molecule has 0 spiro atoms. The van der Waals surface area contributed by atoms with Crippen LogP contribution >= 0.6 is 11.6 Å². The first-order chi connectivity index (χ1) is 16.9.